The van der Waals surface area contributed by atoms with Gasteiger partial charge < -0.3 is 5.11 Å². The van der Waals surface area contributed by atoms with Crippen molar-refractivity contribution >= 4 is 21.7 Å². The van der Waals surface area contributed by atoms with Gasteiger partial charge in [0.25, 0.3) is 0 Å². The molecule has 0 spiro atoms. The summed E-state index contributed by atoms with van der Waals surface area (Å²) in [6.45, 7) is 0.172. The number of aliphatic carboxylic acids is 1. The van der Waals surface area contributed by atoms with Gasteiger partial charge in [-0.1, -0.05) is 17.2 Å². The Kier molecular flexibility index (Phi) is 4.46. The number of carboxylic acid groups (broad SMARTS) is 1. The van der Waals surface area contributed by atoms with E-state index in [2.05, 4.69) is 10.0 Å². The molecule has 1 saturated heterocycles. The first-order valence-electron chi connectivity index (χ1n) is 6.36. The molecule has 1 aliphatic rings. The highest BCUT2D eigenvalue weighted by Gasteiger charge is 2.37. The minimum Gasteiger partial charge on any atom is -0.480 e. The number of carbonyl (C=O) groups is 1. The topological polar surface area (TPSA) is 123 Å². The van der Waals surface area contributed by atoms with Crippen molar-refractivity contribution in [2.45, 2.75) is 30.2 Å². The molecule has 0 aromatic heterocycles. The molecular formula is C12H14N4O4S. The van der Waals surface area contributed by atoms with Crippen molar-refractivity contribution in [3.63, 3.8) is 0 Å². The number of azide groups is 1. The van der Waals surface area contributed by atoms with Crippen LogP contribution in [0.3, 0.4) is 0 Å². The highest BCUT2D eigenvalue weighted by atomic mass is 32.2. The summed E-state index contributed by atoms with van der Waals surface area (Å²) in [5.41, 5.74) is 8.57. The van der Waals surface area contributed by atoms with E-state index in [0.717, 1.165) is 4.31 Å². The van der Waals surface area contributed by atoms with Crippen molar-refractivity contribution in [3.8, 4) is 0 Å². The van der Waals surface area contributed by atoms with E-state index in [1.165, 1.54) is 24.3 Å². The third-order valence-electron chi connectivity index (χ3n) is 3.32. The minimum absolute atomic E-state index is 0.0689. The third-order valence-corrected chi connectivity index (χ3v) is 5.23. The van der Waals surface area contributed by atoms with Crippen LogP contribution in [-0.2, 0) is 14.8 Å². The molecular weight excluding hydrogens is 296 g/mol. The first-order chi connectivity index (χ1) is 9.96. The lowest BCUT2D eigenvalue weighted by molar-refractivity contribution is -0.142. The highest BCUT2D eigenvalue weighted by Crippen LogP contribution is 2.27. The number of nitrogens with zero attached hydrogens (tertiary/aromatic N) is 4. The van der Waals surface area contributed by atoms with Gasteiger partial charge >= 0.3 is 5.97 Å². The Morgan fingerprint density at radius 2 is 2.19 bits per heavy atom. The molecule has 9 heteroatoms. The van der Waals surface area contributed by atoms with E-state index in [-0.39, 0.29) is 17.1 Å². The molecule has 2 rings (SSSR count). The summed E-state index contributed by atoms with van der Waals surface area (Å²) in [5, 5.41) is 12.5. The molecule has 112 valence electrons. The maximum absolute atomic E-state index is 12.6. The Labute approximate surface area is 121 Å². The van der Waals surface area contributed by atoms with Gasteiger partial charge in [0.15, 0.2) is 0 Å². The molecule has 0 amide bonds. The lowest BCUT2D eigenvalue weighted by Gasteiger charge is -2.31. The normalized spacial score (nSPS) is 19.7. The fraction of sp³-hybridized carbons (Fsp3) is 0.417. The van der Waals surface area contributed by atoms with Gasteiger partial charge in [-0.3, -0.25) is 4.79 Å². The van der Waals surface area contributed by atoms with Crippen LogP contribution in [0.2, 0.25) is 0 Å². The van der Waals surface area contributed by atoms with E-state index < -0.39 is 22.0 Å². The third kappa shape index (κ3) is 3.15. The Balaban J connectivity index is 2.42. The van der Waals surface area contributed by atoms with Gasteiger partial charge in [0.2, 0.25) is 10.0 Å². The van der Waals surface area contributed by atoms with E-state index in [1.54, 1.807) is 0 Å². The van der Waals surface area contributed by atoms with Gasteiger partial charge in [-0.2, -0.15) is 4.31 Å². The predicted octanol–water partition coefficient (Wildman–Crippen LogP) is 2.26. The lowest BCUT2D eigenvalue weighted by atomic mass is 10.1. The van der Waals surface area contributed by atoms with Gasteiger partial charge in [0.1, 0.15) is 6.04 Å². The van der Waals surface area contributed by atoms with Crippen molar-refractivity contribution in [2.75, 3.05) is 6.54 Å². The van der Waals surface area contributed by atoms with E-state index >= 15 is 0 Å². The van der Waals surface area contributed by atoms with E-state index in [0.29, 0.717) is 19.3 Å². The average molecular weight is 310 g/mol. The van der Waals surface area contributed by atoms with Crippen LogP contribution in [0.15, 0.2) is 34.3 Å². The molecule has 1 aromatic rings. The molecule has 1 atom stereocenters. The number of sulfonamides is 1. The Bertz CT molecular complexity index is 697. The van der Waals surface area contributed by atoms with Crippen molar-refractivity contribution in [2.24, 2.45) is 5.11 Å². The Morgan fingerprint density at radius 1 is 1.43 bits per heavy atom. The second-order valence-corrected chi connectivity index (χ2v) is 6.54. The molecule has 0 saturated carbocycles. The standard InChI is InChI=1S/C12H14N4O4S/c13-15-14-9-4-3-5-10(8-9)21(19,20)16-7-2-1-6-11(16)12(17)18/h3-5,8,11H,1-2,6-7H2,(H,17,18). The first-order valence-corrected chi connectivity index (χ1v) is 7.80. The summed E-state index contributed by atoms with van der Waals surface area (Å²) in [7, 11) is -3.93. The monoisotopic (exact) mass is 310 g/mol. The van der Waals surface area contributed by atoms with E-state index in [9.17, 15) is 18.3 Å². The molecule has 0 bridgehead atoms. The van der Waals surface area contributed by atoms with Crippen LogP contribution in [0.4, 0.5) is 5.69 Å². The van der Waals surface area contributed by atoms with Crippen molar-refractivity contribution in [1.82, 2.24) is 4.31 Å². The smallest absolute Gasteiger partial charge is 0.322 e. The summed E-state index contributed by atoms with van der Waals surface area (Å²) in [4.78, 5) is 13.8. The second-order valence-electron chi connectivity index (χ2n) is 4.65. The highest BCUT2D eigenvalue weighted by molar-refractivity contribution is 7.89. The summed E-state index contributed by atoms with van der Waals surface area (Å²) in [6.07, 6.45) is 1.60. The number of hydrogen-bond donors (Lipinski definition) is 1. The fourth-order valence-electron chi connectivity index (χ4n) is 2.33. The van der Waals surface area contributed by atoms with Crippen LogP contribution in [0.25, 0.3) is 10.4 Å². The van der Waals surface area contributed by atoms with Crippen LogP contribution in [0.1, 0.15) is 19.3 Å². The zero-order valence-corrected chi connectivity index (χ0v) is 11.9. The van der Waals surface area contributed by atoms with Gasteiger partial charge in [0, 0.05) is 17.1 Å². The molecule has 8 nitrogen and oxygen atoms in total. The molecule has 1 aromatic carbocycles. The largest absolute Gasteiger partial charge is 0.480 e. The summed E-state index contributed by atoms with van der Waals surface area (Å²) in [5.74, 6) is -1.15. The van der Waals surface area contributed by atoms with Gasteiger partial charge in [-0.05, 0) is 36.9 Å². The van der Waals surface area contributed by atoms with E-state index in [4.69, 9.17) is 5.53 Å². The predicted molar refractivity (Wildman–Crippen MR) is 74.4 cm³/mol. The maximum Gasteiger partial charge on any atom is 0.322 e. The summed E-state index contributed by atoms with van der Waals surface area (Å²) < 4.78 is 26.2. The fourth-order valence-corrected chi connectivity index (χ4v) is 4.02. The first kappa shape index (κ1) is 15.3. The quantitative estimate of drug-likeness (QED) is 0.520. The molecule has 1 N–H and O–H groups in total. The lowest BCUT2D eigenvalue weighted by Crippen LogP contribution is -2.47. The summed E-state index contributed by atoms with van der Waals surface area (Å²) in [6, 6.07) is 4.48. The number of benzene rings is 1. The Morgan fingerprint density at radius 3 is 2.86 bits per heavy atom. The van der Waals surface area contributed by atoms with Gasteiger partial charge in [-0.15, -0.1) is 0 Å². The molecule has 1 aliphatic heterocycles. The zero-order chi connectivity index (χ0) is 15.5. The Hall–Kier alpha value is -2.09. The summed E-state index contributed by atoms with van der Waals surface area (Å²) >= 11 is 0. The van der Waals surface area contributed by atoms with Crippen LogP contribution >= 0.6 is 0 Å². The molecule has 0 radical (unpaired) electrons. The van der Waals surface area contributed by atoms with Crippen molar-refractivity contribution in [3.05, 3.63) is 34.7 Å². The number of piperidine rings is 1. The number of carboxylic acids is 1. The van der Waals surface area contributed by atoms with Crippen LogP contribution in [-0.4, -0.2) is 36.4 Å². The SMILES string of the molecule is [N-]=[N+]=Nc1cccc(S(=O)(=O)N2CCCCC2C(=O)O)c1. The van der Waals surface area contributed by atoms with Crippen LogP contribution in [0, 0.1) is 0 Å². The van der Waals surface area contributed by atoms with Crippen LogP contribution in [0.5, 0.6) is 0 Å². The van der Waals surface area contributed by atoms with Gasteiger partial charge in [0.05, 0.1) is 4.90 Å². The number of hydrogen-bond acceptors (Lipinski definition) is 4. The van der Waals surface area contributed by atoms with Gasteiger partial charge in [-0.25, -0.2) is 8.42 Å². The zero-order valence-electron chi connectivity index (χ0n) is 11.1. The molecule has 21 heavy (non-hydrogen) atoms. The van der Waals surface area contributed by atoms with Crippen molar-refractivity contribution < 1.29 is 18.3 Å². The molecule has 1 heterocycles. The second kappa shape index (κ2) is 6.13. The van der Waals surface area contributed by atoms with E-state index in [1.807, 2.05) is 0 Å². The van der Waals surface area contributed by atoms with Crippen LogP contribution < -0.4 is 0 Å². The molecule has 1 fully saturated rings. The minimum atomic E-state index is -3.93. The van der Waals surface area contributed by atoms with Crippen molar-refractivity contribution in [1.29, 1.82) is 0 Å². The number of rotatable bonds is 4. The average Bonchev–Trinajstić information content (AvgIpc) is 2.48. The molecule has 1 unspecified atom stereocenters. The molecule has 0 aliphatic carbocycles. The maximum atomic E-state index is 12.6.